The molecule has 1 saturated heterocycles. The first kappa shape index (κ1) is 21.7. The molecule has 0 spiro atoms. The van der Waals surface area contributed by atoms with Gasteiger partial charge >= 0.3 is 5.97 Å². The summed E-state index contributed by atoms with van der Waals surface area (Å²) >= 11 is 0. The summed E-state index contributed by atoms with van der Waals surface area (Å²) < 4.78 is 15.5. The van der Waals surface area contributed by atoms with E-state index < -0.39 is 5.97 Å². The SMILES string of the molecule is COC(=O)c1c(C)[nH]c(C(=O)N2CCC[C@@H](C(=O)NCc3ccc4c(c3)OCO4)C2)c1C. The predicted molar refractivity (Wildman–Crippen MR) is 115 cm³/mol. The van der Waals surface area contributed by atoms with Crippen molar-refractivity contribution in [3.63, 3.8) is 0 Å². The normalized spacial score (nSPS) is 17.2. The van der Waals surface area contributed by atoms with Gasteiger partial charge in [0.15, 0.2) is 11.5 Å². The van der Waals surface area contributed by atoms with Gasteiger partial charge in [-0.1, -0.05) is 6.07 Å². The van der Waals surface area contributed by atoms with Crippen LogP contribution < -0.4 is 14.8 Å². The molecule has 2 N–H and O–H groups in total. The van der Waals surface area contributed by atoms with Crippen LogP contribution in [-0.2, 0) is 16.1 Å². The van der Waals surface area contributed by atoms with Crippen LogP contribution in [0.3, 0.4) is 0 Å². The first-order chi connectivity index (χ1) is 15.4. The highest BCUT2D eigenvalue weighted by atomic mass is 16.7. The molecule has 32 heavy (non-hydrogen) atoms. The highest BCUT2D eigenvalue weighted by Crippen LogP contribution is 2.32. The van der Waals surface area contributed by atoms with Crippen LogP contribution in [-0.4, -0.2) is 54.7 Å². The Kier molecular flexibility index (Phi) is 6.07. The van der Waals surface area contributed by atoms with Crippen LogP contribution in [0.15, 0.2) is 18.2 Å². The average molecular weight is 441 g/mol. The summed E-state index contributed by atoms with van der Waals surface area (Å²) in [6.45, 7) is 4.93. The molecule has 2 amide bonds. The Morgan fingerprint density at radius 2 is 2.00 bits per heavy atom. The van der Waals surface area contributed by atoms with Gasteiger partial charge in [-0.2, -0.15) is 0 Å². The molecule has 1 fully saturated rings. The number of nitrogens with one attached hydrogen (secondary N) is 2. The molecule has 0 saturated carbocycles. The number of likely N-dealkylation sites (tertiary alicyclic amines) is 1. The maximum Gasteiger partial charge on any atom is 0.339 e. The highest BCUT2D eigenvalue weighted by molar-refractivity contribution is 6.00. The lowest BCUT2D eigenvalue weighted by Gasteiger charge is -2.32. The Balaban J connectivity index is 1.39. The van der Waals surface area contributed by atoms with Gasteiger partial charge in [0.05, 0.1) is 18.6 Å². The number of hydrogen-bond acceptors (Lipinski definition) is 6. The smallest absolute Gasteiger partial charge is 0.339 e. The van der Waals surface area contributed by atoms with E-state index in [1.807, 2.05) is 18.2 Å². The van der Waals surface area contributed by atoms with E-state index >= 15 is 0 Å². The number of aromatic nitrogens is 1. The number of nitrogens with zero attached hydrogens (tertiary/aromatic N) is 1. The second-order valence-corrected chi connectivity index (χ2v) is 8.11. The second-order valence-electron chi connectivity index (χ2n) is 8.11. The molecule has 0 unspecified atom stereocenters. The van der Waals surface area contributed by atoms with Crippen molar-refractivity contribution in [2.45, 2.75) is 33.2 Å². The van der Waals surface area contributed by atoms with Crippen LogP contribution in [0.1, 0.15) is 50.5 Å². The number of carbonyl (C=O) groups excluding carboxylic acids is 3. The Bertz CT molecular complexity index is 1060. The lowest BCUT2D eigenvalue weighted by atomic mass is 9.96. The number of amides is 2. The fourth-order valence-electron chi connectivity index (χ4n) is 4.29. The zero-order valence-corrected chi connectivity index (χ0v) is 18.4. The summed E-state index contributed by atoms with van der Waals surface area (Å²) in [5.41, 5.74) is 2.82. The molecule has 2 aromatic rings. The summed E-state index contributed by atoms with van der Waals surface area (Å²) in [5.74, 6) is 0.303. The third kappa shape index (κ3) is 4.15. The van der Waals surface area contributed by atoms with Crippen molar-refractivity contribution in [2.75, 3.05) is 27.0 Å². The third-order valence-corrected chi connectivity index (χ3v) is 6.02. The number of aryl methyl sites for hydroxylation is 1. The Morgan fingerprint density at radius 1 is 1.22 bits per heavy atom. The minimum atomic E-state index is -0.477. The number of H-pyrrole nitrogens is 1. The number of piperidine rings is 1. The molecule has 9 heteroatoms. The molecule has 4 rings (SSSR count). The van der Waals surface area contributed by atoms with Gasteiger partial charge in [-0.15, -0.1) is 0 Å². The van der Waals surface area contributed by atoms with Gasteiger partial charge in [0.25, 0.3) is 5.91 Å². The lowest BCUT2D eigenvalue weighted by molar-refractivity contribution is -0.126. The summed E-state index contributed by atoms with van der Waals surface area (Å²) in [6.07, 6.45) is 1.45. The number of fused-ring (bicyclic) bond motifs is 1. The van der Waals surface area contributed by atoms with E-state index in [0.717, 1.165) is 12.0 Å². The maximum absolute atomic E-state index is 13.1. The highest BCUT2D eigenvalue weighted by Gasteiger charge is 2.31. The minimum absolute atomic E-state index is 0.0881. The van der Waals surface area contributed by atoms with E-state index in [1.54, 1.807) is 18.7 Å². The van der Waals surface area contributed by atoms with Crippen LogP contribution in [0, 0.1) is 19.8 Å². The number of hydrogen-bond donors (Lipinski definition) is 2. The van der Waals surface area contributed by atoms with Gasteiger partial charge in [-0.25, -0.2) is 4.79 Å². The quantitative estimate of drug-likeness (QED) is 0.689. The fraction of sp³-hybridized carbons (Fsp3) is 0.435. The van der Waals surface area contributed by atoms with Crippen LogP contribution in [0.5, 0.6) is 11.5 Å². The molecule has 0 radical (unpaired) electrons. The van der Waals surface area contributed by atoms with Crippen LogP contribution in [0.2, 0.25) is 0 Å². The second kappa shape index (κ2) is 8.94. The predicted octanol–water partition coefficient (Wildman–Crippen LogP) is 2.32. The molecule has 1 aromatic heterocycles. The monoisotopic (exact) mass is 441 g/mol. The standard InChI is InChI=1S/C23H27N3O6/c1-13-19(23(29)30-3)14(2)25-20(13)22(28)26-8-4-5-16(11-26)21(27)24-10-15-6-7-17-18(9-15)32-12-31-17/h6-7,9,16,25H,4-5,8,10-12H2,1-3H3,(H,24,27)/t16-/m1/s1. The van der Waals surface area contributed by atoms with Gasteiger partial charge in [-0.05, 0) is 49.9 Å². The molecule has 1 aromatic carbocycles. The number of benzene rings is 1. The van der Waals surface area contributed by atoms with E-state index in [2.05, 4.69) is 10.3 Å². The molecule has 1 atom stereocenters. The number of carbonyl (C=O) groups is 3. The molecule has 170 valence electrons. The first-order valence-corrected chi connectivity index (χ1v) is 10.6. The average Bonchev–Trinajstić information content (AvgIpc) is 3.39. The Hall–Kier alpha value is -3.49. The number of ether oxygens (including phenoxy) is 3. The van der Waals surface area contributed by atoms with Crippen molar-refractivity contribution in [1.29, 1.82) is 0 Å². The summed E-state index contributed by atoms with van der Waals surface area (Å²) in [7, 11) is 1.31. The summed E-state index contributed by atoms with van der Waals surface area (Å²) in [4.78, 5) is 42.6. The van der Waals surface area contributed by atoms with Gasteiger partial charge < -0.3 is 29.4 Å². The van der Waals surface area contributed by atoms with E-state index in [0.29, 0.717) is 60.1 Å². The van der Waals surface area contributed by atoms with Gasteiger partial charge in [0, 0.05) is 25.3 Å². The summed E-state index contributed by atoms with van der Waals surface area (Å²) in [5, 5.41) is 2.96. The molecule has 9 nitrogen and oxygen atoms in total. The maximum atomic E-state index is 13.1. The van der Waals surface area contributed by atoms with Crippen molar-refractivity contribution in [3.05, 3.63) is 46.3 Å². The molecular formula is C23H27N3O6. The van der Waals surface area contributed by atoms with E-state index in [4.69, 9.17) is 14.2 Å². The van der Waals surface area contributed by atoms with Gasteiger partial charge in [0.2, 0.25) is 12.7 Å². The van der Waals surface area contributed by atoms with E-state index in [-0.39, 0.29) is 24.5 Å². The number of rotatable bonds is 5. The van der Waals surface area contributed by atoms with Gasteiger partial charge in [0.1, 0.15) is 5.69 Å². The number of methoxy groups -OCH3 is 1. The molecule has 2 aliphatic heterocycles. The minimum Gasteiger partial charge on any atom is -0.465 e. The van der Waals surface area contributed by atoms with Crippen LogP contribution in [0.25, 0.3) is 0 Å². The van der Waals surface area contributed by atoms with Crippen molar-refractivity contribution >= 4 is 17.8 Å². The van der Waals surface area contributed by atoms with Gasteiger partial charge in [-0.3, -0.25) is 9.59 Å². The van der Waals surface area contributed by atoms with E-state index in [9.17, 15) is 14.4 Å². The first-order valence-electron chi connectivity index (χ1n) is 10.6. The zero-order chi connectivity index (χ0) is 22.8. The lowest BCUT2D eigenvalue weighted by Crippen LogP contribution is -2.45. The topological polar surface area (TPSA) is 110 Å². The van der Waals surface area contributed by atoms with Crippen molar-refractivity contribution in [3.8, 4) is 11.5 Å². The number of aromatic amines is 1. The van der Waals surface area contributed by atoms with Crippen molar-refractivity contribution in [2.24, 2.45) is 5.92 Å². The molecule has 0 aliphatic carbocycles. The Morgan fingerprint density at radius 3 is 2.78 bits per heavy atom. The molecular weight excluding hydrogens is 414 g/mol. The molecule has 2 aliphatic rings. The number of esters is 1. The van der Waals surface area contributed by atoms with E-state index in [1.165, 1.54) is 7.11 Å². The zero-order valence-electron chi connectivity index (χ0n) is 18.4. The van der Waals surface area contributed by atoms with Crippen LogP contribution >= 0.6 is 0 Å². The summed E-state index contributed by atoms with van der Waals surface area (Å²) in [6, 6.07) is 5.57. The third-order valence-electron chi connectivity index (χ3n) is 6.02. The Labute approximate surface area is 186 Å². The fourth-order valence-corrected chi connectivity index (χ4v) is 4.29. The van der Waals surface area contributed by atoms with Crippen molar-refractivity contribution < 1.29 is 28.6 Å². The largest absolute Gasteiger partial charge is 0.465 e. The molecule has 3 heterocycles. The van der Waals surface area contributed by atoms with Crippen LogP contribution in [0.4, 0.5) is 0 Å². The van der Waals surface area contributed by atoms with Crippen molar-refractivity contribution in [1.82, 2.24) is 15.2 Å². The molecule has 0 bridgehead atoms.